The number of nitrogens with one attached hydrogen (secondary N) is 1. The molecule has 0 spiro atoms. The van der Waals surface area contributed by atoms with Crippen LogP contribution in [-0.2, 0) is 4.79 Å². The highest BCUT2D eigenvalue weighted by Gasteiger charge is 2.32. The number of hydrogen-bond acceptors (Lipinski definition) is 3. The Morgan fingerprint density at radius 2 is 2.04 bits per heavy atom. The van der Waals surface area contributed by atoms with Crippen molar-refractivity contribution >= 4 is 23.3 Å². The Balaban J connectivity index is 1.75. The number of amides is 1. The summed E-state index contributed by atoms with van der Waals surface area (Å²) in [6, 6.07) is 8.18. The van der Waals surface area contributed by atoms with E-state index < -0.39 is 0 Å². The van der Waals surface area contributed by atoms with Crippen LogP contribution in [0.25, 0.3) is 0 Å². The molecule has 1 unspecified atom stereocenters. The number of hydrogen-bond donors (Lipinski definition) is 1. The van der Waals surface area contributed by atoms with Crippen molar-refractivity contribution in [2.24, 2.45) is 4.99 Å². The number of carbonyl (C=O) groups is 1. The lowest BCUT2D eigenvalue weighted by molar-refractivity contribution is -0.115. The average molecular weight is 326 g/mol. The van der Waals surface area contributed by atoms with E-state index in [4.69, 9.17) is 11.6 Å². The summed E-state index contributed by atoms with van der Waals surface area (Å²) in [5.41, 5.74) is 5.16. The largest absolute Gasteiger partial charge is 0.324 e. The van der Waals surface area contributed by atoms with Crippen LogP contribution >= 0.6 is 11.6 Å². The van der Waals surface area contributed by atoms with Gasteiger partial charge >= 0.3 is 0 Å². The smallest absolute Gasteiger partial charge is 0.248 e. The van der Waals surface area contributed by atoms with E-state index in [1.165, 1.54) is 0 Å². The standard InChI is InChI=1S/C18H16ClN3O/c1-11(19)12-2-4-13(5-3-12)18-20-10-14-6-7-16(23)21-15-8-9-22(18)17(14)15/h2-7,10-11H,8-9H2,1H3,(H,21,23). The zero-order valence-corrected chi connectivity index (χ0v) is 13.5. The fourth-order valence-corrected chi connectivity index (χ4v) is 3.29. The Kier molecular flexibility index (Phi) is 3.34. The third-order valence-electron chi connectivity index (χ3n) is 4.31. The highest BCUT2D eigenvalue weighted by molar-refractivity contribution is 6.20. The monoisotopic (exact) mass is 325 g/mol. The summed E-state index contributed by atoms with van der Waals surface area (Å²) in [5.74, 6) is 0.837. The Hall–Kier alpha value is -2.33. The number of benzene rings is 1. The lowest BCUT2D eigenvalue weighted by atomic mass is 10.1. The van der Waals surface area contributed by atoms with Crippen molar-refractivity contribution in [3.63, 3.8) is 0 Å². The van der Waals surface area contributed by atoms with Crippen molar-refractivity contribution in [1.82, 2.24) is 10.2 Å². The van der Waals surface area contributed by atoms with Crippen molar-refractivity contribution < 1.29 is 4.79 Å². The molecule has 0 aromatic heterocycles. The van der Waals surface area contributed by atoms with E-state index in [-0.39, 0.29) is 11.3 Å². The van der Waals surface area contributed by atoms with Gasteiger partial charge in [-0.3, -0.25) is 4.79 Å². The highest BCUT2D eigenvalue weighted by Crippen LogP contribution is 2.34. The van der Waals surface area contributed by atoms with Gasteiger partial charge in [0.05, 0.1) is 11.1 Å². The molecule has 0 fully saturated rings. The highest BCUT2D eigenvalue weighted by atomic mass is 35.5. The van der Waals surface area contributed by atoms with Gasteiger partial charge in [-0.05, 0) is 18.6 Å². The van der Waals surface area contributed by atoms with Gasteiger partial charge in [-0.25, -0.2) is 4.99 Å². The van der Waals surface area contributed by atoms with Crippen molar-refractivity contribution in [2.75, 3.05) is 6.54 Å². The number of carbonyl (C=O) groups excluding carboxylic acids is 1. The van der Waals surface area contributed by atoms with Crippen molar-refractivity contribution in [2.45, 2.75) is 18.7 Å². The van der Waals surface area contributed by atoms with E-state index in [1.807, 2.05) is 31.3 Å². The molecule has 4 rings (SSSR count). The minimum atomic E-state index is -0.0772. The number of rotatable bonds is 2. The molecule has 5 heteroatoms. The number of aliphatic imine (C=N–C) groups is 1. The van der Waals surface area contributed by atoms with Crippen LogP contribution in [0.2, 0.25) is 0 Å². The molecule has 1 atom stereocenters. The molecule has 1 aromatic carbocycles. The summed E-state index contributed by atoms with van der Waals surface area (Å²) in [6.07, 6.45) is 6.03. The zero-order chi connectivity index (χ0) is 16.0. The zero-order valence-electron chi connectivity index (χ0n) is 12.7. The van der Waals surface area contributed by atoms with Gasteiger partial charge in [0.15, 0.2) is 0 Å². The van der Waals surface area contributed by atoms with Crippen molar-refractivity contribution in [3.8, 4) is 0 Å². The maximum atomic E-state index is 11.7. The molecular formula is C18H16ClN3O. The first-order chi connectivity index (χ1) is 11.1. The molecule has 3 aliphatic rings. The lowest BCUT2D eigenvalue weighted by Gasteiger charge is -2.27. The van der Waals surface area contributed by atoms with Gasteiger partial charge in [0.2, 0.25) is 5.91 Å². The van der Waals surface area contributed by atoms with Gasteiger partial charge in [-0.15, -0.1) is 11.6 Å². The first-order valence-corrected chi connectivity index (χ1v) is 8.09. The molecule has 3 aliphatic heterocycles. The molecule has 3 heterocycles. The van der Waals surface area contributed by atoms with Gasteiger partial charge in [0.1, 0.15) is 5.84 Å². The molecule has 1 N–H and O–H groups in total. The summed E-state index contributed by atoms with van der Waals surface area (Å²) in [4.78, 5) is 18.5. The number of alkyl halides is 1. The Bertz CT molecular complexity index is 800. The normalized spacial score (nSPS) is 20.6. The quantitative estimate of drug-likeness (QED) is 0.848. The molecular weight excluding hydrogens is 310 g/mol. The van der Waals surface area contributed by atoms with Crippen molar-refractivity contribution in [1.29, 1.82) is 0 Å². The molecule has 1 amide bonds. The molecule has 23 heavy (non-hydrogen) atoms. The van der Waals surface area contributed by atoms with Crippen LogP contribution in [-0.4, -0.2) is 23.2 Å². The van der Waals surface area contributed by atoms with E-state index in [1.54, 1.807) is 6.08 Å². The van der Waals surface area contributed by atoms with Gasteiger partial charge in [0.25, 0.3) is 0 Å². The molecule has 0 bridgehead atoms. The Labute approximate surface area is 139 Å². The summed E-state index contributed by atoms with van der Waals surface area (Å²) in [5, 5.41) is 2.96. The van der Waals surface area contributed by atoms with E-state index >= 15 is 0 Å². The third kappa shape index (κ3) is 2.39. The fraction of sp³-hybridized carbons (Fsp3) is 0.222. The predicted molar refractivity (Wildman–Crippen MR) is 91.0 cm³/mol. The van der Waals surface area contributed by atoms with E-state index in [0.29, 0.717) is 0 Å². The summed E-state index contributed by atoms with van der Waals surface area (Å²) in [6.45, 7) is 2.78. The second-order valence-electron chi connectivity index (χ2n) is 5.83. The topological polar surface area (TPSA) is 44.7 Å². The number of halogens is 1. The fourth-order valence-electron chi connectivity index (χ4n) is 3.15. The maximum Gasteiger partial charge on any atom is 0.248 e. The van der Waals surface area contributed by atoms with Crippen LogP contribution < -0.4 is 5.32 Å². The molecule has 4 nitrogen and oxygen atoms in total. The summed E-state index contributed by atoms with van der Waals surface area (Å²) < 4.78 is 0. The van der Waals surface area contributed by atoms with E-state index in [0.717, 1.165) is 46.9 Å². The van der Waals surface area contributed by atoms with Crippen LogP contribution in [0.5, 0.6) is 0 Å². The first kappa shape index (κ1) is 14.3. The van der Waals surface area contributed by atoms with Crippen LogP contribution in [0.3, 0.4) is 0 Å². The number of allylic oxidation sites excluding steroid dienone is 1. The van der Waals surface area contributed by atoms with Gasteiger partial charge in [-0.1, -0.05) is 24.3 Å². The third-order valence-corrected chi connectivity index (χ3v) is 4.56. The molecule has 0 saturated carbocycles. The van der Waals surface area contributed by atoms with Crippen LogP contribution in [0, 0.1) is 0 Å². The average Bonchev–Trinajstić information content (AvgIpc) is 2.89. The van der Waals surface area contributed by atoms with Gasteiger partial charge in [-0.2, -0.15) is 0 Å². The van der Waals surface area contributed by atoms with Crippen LogP contribution in [0.1, 0.15) is 29.8 Å². The minimum Gasteiger partial charge on any atom is -0.324 e. The molecule has 116 valence electrons. The second-order valence-corrected chi connectivity index (χ2v) is 6.48. The molecule has 0 aliphatic carbocycles. The van der Waals surface area contributed by atoms with Gasteiger partial charge < -0.3 is 10.2 Å². The predicted octanol–water partition coefficient (Wildman–Crippen LogP) is 3.23. The number of nitrogens with zero attached hydrogens (tertiary/aromatic N) is 2. The lowest BCUT2D eigenvalue weighted by Crippen LogP contribution is -2.31. The SMILES string of the molecule is CC(Cl)c1ccc(C2=NC=C3C=CC(=O)NC4=C3N2CC4)cc1. The second kappa shape index (κ2) is 5.39. The van der Waals surface area contributed by atoms with Crippen molar-refractivity contribution in [3.05, 3.63) is 70.7 Å². The van der Waals surface area contributed by atoms with E-state index in [2.05, 4.69) is 27.3 Å². The van der Waals surface area contributed by atoms with E-state index in [9.17, 15) is 4.79 Å². The molecule has 1 aromatic rings. The van der Waals surface area contributed by atoms with Crippen LogP contribution in [0.4, 0.5) is 0 Å². The van der Waals surface area contributed by atoms with Gasteiger partial charge in [0, 0.05) is 42.1 Å². The maximum absolute atomic E-state index is 11.7. The summed E-state index contributed by atoms with van der Waals surface area (Å²) in [7, 11) is 0. The molecule has 0 radical (unpaired) electrons. The first-order valence-electron chi connectivity index (χ1n) is 7.66. The Morgan fingerprint density at radius 3 is 2.78 bits per heavy atom. The minimum absolute atomic E-state index is 0.00727. The Morgan fingerprint density at radius 1 is 1.26 bits per heavy atom. The summed E-state index contributed by atoms with van der Waals surface area (Å²) >= 11 is 6.12. The molecule has 0 saturated heterocycles. The number of amidine groups is 1. The van der Waals surface area contributed by atoms with Crippen LogP contribution in [0.15, 0.2) is 64.6 Å².